The molecule has 6 heterocycles. The minimum absolute atomic E-state index is 0.105. The van der Waals surface area contributed by atoms with Crippen LogP contribution in [0, 0.1) is 36.4 Å². The van der Waals surface area contributed by atoms with Crippen molar-refractivity contribution in [3.05, 3.63) is 41.2 Å². The zero-order chi connectivity index (χ0) is 23.8. The summed E-state index contributed by atoms with van der Waals surface area (Å²) >= 11 is 0. The highest BCUT2D eigenvalue weighted by Gasteiger charge is 2.52. The lowest BCUT2D eigenvalue weighted by Gasteiger charge is -2.60. The maximum absolute atomic E-state index is 16.0. The minimum atomic E-state index is -0.261. The Balaban J connectivity index is 1.42. The molecule has 2 saturated heterocycles. The van der Waals surface area contributed by atoms with Crippen molar-refractivity contribution >= 4 is 22.4 Å². The molecule has 0 atom stereocenters. The molecular formula is C25H27FN8. The van der Waals surface area contributed by atoms with E-state index in [0.717, 1.165) is 59.8 Å². The van der Waals surface area contributed by atoms with Crippen molar-refractivity contribution in [2.75, 3.05) is 37.6 Å². The van der Waals surface area contributed by atoms with Crippen LogP contribution in [0.5, 0.6) is 0 Å². The monoisotopic (exact) mass is 458 g/mol. The first-order chi connectivity index (χ1) is 16.3. The molecule has 0 aliphatic carbocycles. The second-order valence-corrected chi connectivity index (χ2v) is 10.2. The van der Waals surface area contributed by atoms with Gasteiger partial charge in [0.05, 0.1) is 30.0 Å². The van der Waals surface area contributed by atoms with E-state index in [1.165, 1.54) is 0 Å². The molecule has 0 unspecified atom stereocenters. The van der Waals surface area contributed by atoms with E-state index < -0.39 is 0 Å². The number of nitrogens with one attached hydrogen (secondary N) is 1. The molecule has 2 aliphatic rings. The van der Waals surface area contributed by atoms with Gasteiger partial charge in [-0.05, 0) is 36.5 Å². The number of aromatic nitrogens is 5. The lowest BCUT2D eigenvalue weighted by Crippen LogP contribution is -2.72. The van der Waals surface area contributed by atoms with Gasteiger partial charge in [0.2, 0.25) is 0 Å². The van der Waals surface area contributed by atoms with Gasteiger partial charge in [0.25, 0.3) is 0 Å². The molecule has 9 heteroatoms. The van der Waals surface area contributed by atoms with Crippen LogP contribution >= 0.6 is 0 Å². The van der Waals surface area contributed by atoms with Crippen LogP contribution in [0.2, 0.25) is 0 Å². The molecule has 0 radical (unpaired) electrons. The second kappa shape index (κ2) is 7.24. The molecule has 2 aliphatic heterocycles. The van der Waals surface area contributed by atoms with E-state index in [9.17, 15) is 0 Å². The number of aromatic amines is 1. The summed E-state index contributed by atoms with van der Waals surface area (Å²) in [7, 11) is 0. The van der Waals surface area contributed by atoms with Gasteiger partial charge in [0.1, 0.15) is 6.33 Å². The highest BCUT2D eigenvalue weighted by Crippen LogP contribution is 2.44. The van der Waals surface area contributed by atoms with Gasteiger partial charge in [-0.1, -0.05) is 13.8 Å². The van der Waals surface area contributed by atoms with E-state index >= 15 is 4.39 Å². The highest BCUT2D eigenvalue weighted by molar-refractivity contribution is 5.94. The summed E-state index contributed by atoms with van der Waals surface area (Å²) in [4.78, 5) is 16.5. The minimum Gasteiger partial charge on any atom is -0.353 e. The molecule has 4 aromatic heterocycles. The van der Waals surface area contributed by atoms with Gasteiger partial charge < -0.3 is 9.88 Å². The van der Waals surface area contributed by atoms with Gasteiger partial charge >= 0.3 is 0 Å². The van der Waals surface area contributed by atoms with E-state index in [2.05, 4.69) is 51.8 Å². The molecule has 0 bridgehead atoms. The van der Waals surface area contributed by atoms with E-state index in [0.29, 0.717) is 23.3 Å². The summed E-state index contributed by atoms with van der Waals surface area (Å²) in [6.07, 6.45) is 5.28. The van der Waals surface area contributed by atoms with Crippen molar-refractivity contribution in [2.24, 2.45) is 5.41 Å². The van der Waals surface area contributed by atoms with Crippen molar-refractivity contribution in [1.29, 1.82) is 5.26 Å². The Morgan fingerprint density at radius 1 is 1.18 bits per heavy atom. The Morgan fingerprint density at radius 3 is 2.65 bits per heavy atom. The summed E-state index contributed by atoms with van der Waals surface area (Å²) in [5.74, 6) is 0.264. The first-order valence-corrected chi connectivity index (χ1v) is 11.7. The molecule has 0 aromatic carbocycles. The van der Waals surface area contributed by atoms with Crippen LogP contribution in [-0.4, -0.2) is 62.2 Å². The number of aryl methyl sites for hydroxylation is 1. The van der Waals surface area contributed by atoms with Crippen LogP contribution in [0.25, 0.3) is 27.8 Å². The van der Waals surface area contributed by atoms with Gasteiger partial charge in [-0.3, -0.25) is 4.90 Å². The van der Waals surface area contributed by atoms with Crippen molar-refractivity contribution < 1.29 is 4.39 Å². The number of nitrogens with zero attached hydrogens (tertiary/aromatic N) is 7. The van der Waals surface area contributed by atoms with E-state index in [4.69, 9.17) is 5.26 Å². The van der Waals surface area contributed by atoms with Gasteiger partial charge in [-0.25, -0.2) is 18.9 Å². The average Bonchev–Trinajstić information content (AvgIpc) is 3.37. The molecule has 34 heavy (non-hydrogen) atoms. The van der Waals surface area contributed by atoms with Crippen LogP contribution in [0.4, 0.5) is 10.2 Å². The Morgan fingerprint density at radius 2 is 1.94 bits per heavy atom. The zero-order valence-corrected chi connectivity index (χ0v) is 19.9. The molecule has 6 rings (SSSR count). The van der Waals surface area contributed by atoms with E-state index in [1.807, 2.05) is 18.0 Å². The van der Waals surface area contributed by atoms with E-state index in [-0.39, 0.29) is 17.2 Å². The van der Waals surface area contributed by atoms with Crippen LogP contribution < -0.4 is 4.90 Å². The molecule has 0 amide bonds. The summed E-state index contributed by atoms with van der Waals surface area (Å²) in [6, 6.07) is 2.20. The lowest BCUT2D eigenvalue weighted by molar-refractivity contribution is -0.0129. The average molecular weight is 459 g/mol. The Hall–Kier alpha value is -3.51. The third-order valence-corrected chi connectivity index (χ3v) is 7.54. The van der Waals surface area contributed by atoms with E-state index in [1.54, 1.807) is 17.0 Å². The molecule has 8 nitrogen and oxygen atoms in total. The van der Waals surface area contributed by atoms with Crippen LogP contribution in [0.1, 0.15) is 36.5 Å². The van der Waals surface area contributed by atoms with Crippen molar-refractivity contribution in [3.8, 4) is 17.3 Å². The van der Waals surface area contributed by atoms with Crippen LogP contribution in [0.3, 0.4) is 0 Å². The van der Waals surface area contributed by atoms with Gasteiger partial charge in [0, 0.05) is 48.7 Å². The quantitative estimate of drug-likeness (QED) is 0.468. The first-order valence-electron chi connectivity index (χ1n) is 11.7. The summed E-state index contributed by atoms with van der Waals surface area (Å²) < 4.78 is 17.8. The number of pyridine rings is 2. The number of fused-ring (bicyclic) bond motifs is 2. The number of likely N-dealkylation sites (tertiary alicyclic amines) is 1. The molecule has 2 fully saturated rings. The fraction of sp³-hybridized carbons (Fsp3) is 0.440. The van der Waals surface area contributed by atoms with Crippen molar-refractivity contribution in [3.63, 3.8) is 0 Å². The van der Waals surface area contributed by atoms with Crippen molar-refractivity contribution in [2.45, 2.75) is 33.6 Å². The fourth-order valence-electron chi connectivity index (χ4n) is 5.85. The number of hydrogen-bond acceptors (Lipinski definition) is 6. The largest absolute Gasteiger partial charge is 0.353 e. The van der Waals surface area contributed by atoms with Gasteiger partial charge in [-0.2, -0.15) is 10.4 Å². The molecule has 174 valence electrons. The number of rotatable bonds is 4. The smallest absolute Gasteiger partial charge is 0.175 e. The Bertz CT molecular complexity index is 1480. The van der Waals surface area contributed by atoms with Gasteiger partial charge in [-0.15, -0.1) is 0 Å². The topological polar surface area (TPSA) is 89.1 Å². The Kier molecular flexibility index (Phi) is 4.48. The van der Waals surface area contributed by atoms with Gasteiger partial charge in [0.15, 0.2) is 17.3 Å². The standard InChI is InChI=1S/C25H27FN8/c1-14(2)19-20-18(31-22(19)17-8-34-23(29-13-30-34)16(4)15(17)3)7-28-24(21(20)26)33-11-25(12-33)9-32(10-25)6-5-27/h7-8,13-14,31H,6,9-12H2,1-4H3. The number of H-pyrrole nitrogens is 1. The molecule has 1 spiro atoms. The first kappa shape index (κ1) is 21.1. The molecule has 0 saturated carbocycles. The normalized spacial score (nSPS) is 17.5. The highest BCUT2D eigenvalue weighted by atomic mass is 19.1. The van der Waals surface area contributed by atoms with Crippen LogP contribution in [-0.2, 0) is 0 Å². The number of halogens is 1. The number of nitriles is 1. The number of hydrogen-bond donors (Lipinski definition) is 1. The van der Waals surface area contributed by atoms with Crippen LogP contribution in [0.15, 0.2) is 18.7 Å². The predicted molar refractivity (Wildman–Crippen MR) is 128 cm³/mol. The third-order valence-electron chi connectivity index (χ3n) is 7.54. The summed E-state index contributed by atoms with van der Waals surface area (Å²) in [5, 5.41) is 13.8. The zero-order valence-electron chi connectivity index (χ0n) is 19.9. The maximum atomic E-state index is 16.0. The second-order valence-electron chi connectivity index (χ2n) is 10.2. The van der Waals surface area contributed by atoms with Crippen molar-refractivity contribution in [1.82, 2.24) is 29.5 Å². The fourth-order valence-corrected chi connectivity index (χ4v) is 5.85. The third kappa shape index (κ3) is 2.88. The molecule has 4 aromatic rings. The summed E-state index contributed by atoms with van der Waals surface area (Å²) in [5.41, 5.74) is 6.71. The molecular weight excluding hydrogens is 431 g/mol. The molecule has 1 N–H and O–H groups in total. The predicted octanol–water partition coefficient (Wildman–Crippen LogP) is 3.80. The maximum Gasteiger partial charge on any atom is 0.175 e. The summed E-state index contributed by atoms with van der Waals surface area (Å²) in [6.45, 7) is 12.1. The number of anilines is 1. The Labute approximate surface area is 197 Å². The lowest BCUT2D eigenvalue weighted by atomic mass is 9.73. The SMILES string of the molecule is Cc1c(-c2[nH]c3cnc(N4CC5(CN(CC#N)C5)C4)c(F)c3c2C(C)C)cn2ncnc2c1C.